The van der Waals surface area contributed by atoms with Crippen molar-refractivity contribution in [1.29, 1.82) is 5.26 Å². The van der Waals surface area contributed by atoms with E-state index in [1.54, 1.807) is 18.3 Å². The van der Waals surface area contributed by atoms with E-state index in [9.17, 15) is 18.7 Å². The maximum absolute atomic E-state index is 14.0. The number of halogens is 2. The molecule has 15 heteroatoms. The smallest absolute Gasteiger partial charge is 0.292 e. The molecule has 13 nitrogen and oxygen atoms in total. The Morgan fingerprint density at radius 3 is 2.19 bits per heavy atom. The van der Waals surface area contributed by atoms with E-state index in [-0.39, 0.29) is 11.6 Å². The van der Waals surface area contributed by atoms with Crippen molar-refractivity contribution in [3.63, 3.8) is 0 Å². The van der Waals surface area contributed by atoms with Crippen LogP contribution in [0.4, 0.5) is 14.5 Å². The Balaban J connectivity index is 0.000000198. The molecule has 0 fully saturated rings. The third-order valence-electron chi connectivity index (χ3n) is 8.95. The second kappa shape index (κ2) is 17.4. The van der Waals surface area contributed by atoms with E-state index in [1.165, 1.54) is 28.2 Å². The third-order valence-corrected chi connectivity index (χ3v) is 8.95. The SMILES string of the molecule is CC(C)Nc1cc(-n2ncc3cc(C#N)cnc32)ncc1C(=O)NCC(F)(F)C(C)(C)O.c1ccc(CN(Cc2ccccc2)Cn2nnc3ccccc32)cc1. The summed E-state index contributed by atoms with van der Waals surface area (Å²) in [5.74, 6) is -3.94. The van der Waals surface area contributed by atoms with E-state index >= 15 is 0 Å². The number of fused-ring (bicyclic) bond motifs is 2. The van der Waals surface area contributed by atoms with Gasteiger partial charge in [-0.25, -0.2) is 23.4 Å². The monoisotopic (exact) mass is 771 g/mol. The molecule has 0 radical (unpaired) electrons. The number of nitriles is 1. The molecule has 0 aliphatic heterocycles. The Morgan fingerprint density at radius 1 is 0.912 bits per heavy atom. The molecule has 0 saturated carbocycles. The van der Waals surface area contributed by atoms with Gasteiger partial charge in [-0.2, -0.15) is 15.0 Å². The summed E-state index contributed by atoms with van der Waals surface area (Å²) in [6.07, 6.45) is 4.22. The maximum Gasteiger partial charge on any atom is 0.292 e. The van der Waals surface area contributed by atoms with Crippen LogP contribution in [-0.4, -0.2) is 74.8 Å². The summed E-state index contributed by atoms with van der Waals surface area (Å²) in [5, 5.41) is 37.4. The van der Waals surface area contributed by atoms with Crippen molar-refractivity contribution >= 4 is 33.7 Å². The zero-order valence-electron chi connectivity index (χ0n) is 32.0. The number of anilines is 1. The number of aliphatic hydroxyl groups is 1. The molecule has 0 atom stereocenters. The summed E-state index contributed by atoms with van der Waals surface area (Å²) in [7, 11) is 0. The molecule has 4 aromatic heterocycles. The normalized spacial score (nSPS) is 11.7. The summed E-state index contributed by atoms with van der Waals surface area (Å²) in [5.41, 5.74) is 3.58. The molecule has 3 N–H and O–H groups in total. The molecule has 1 amide bonds. The molecule has 0 spiro atoms. The van der Waals surface area contributed by atoms with Crippen LogP contribution < -0.4 is 10.6 Å². The number of aromatic nitrogens is 7. The highest BCUT2D eigenvalue weighted by atomic mass is 19.3. The molecule has 292 valence electrons. The highest BCUT2D eigenvalue weighted by Gasteiger charge is 2.45. The average Bonchev–Trinajstić information content (AvgIpc) is 3.81. The highest BCUT2D eigenvalue weighted by Crippen LogP contribution is 2.28. The van der Waals surface area contributed by atoms with E-state index in [0.29, 0.717) is 34.8 Å². The van der Waals surface area contributed by atoms with Crippen LogP contribution >= 0.6 is 0 Å². The van der Waals surface area contributed by atoms with Crippen LogP contribution in [0.25, 0.3) is 27.9 Å². The number of carbonyl (C=O) groups excluding carboxylic acids is 1. The van der Waals surface area contributed by atoms with Crippen molar-refractivity contribution in [1.82, 2.24) is 45.0 Å². The molecule has 4 heterocycles. The number of hydrogen-bond acceptors (Lipinski definition) is 10. The molecular weight excluding hydrogens is 729 g/mol. The number of nitrogens with one attached hydrogen (secondary N) is 2. The number of rotatable bonds is 13. The van der Waals surface area contributed by atoms with Crippen molar-refractivity contribution in [2.24, 2.45) is 0 Å². The Kier molecular flexibility index (Phi) is 12.3. The molecule has 57 heavy (non-hydrogen) atoms. The minimum Gasteiger partial charge on any atom is -0.384 e. The van der Waals surface area contributed by atoms with Gasteiger partial charge in [-0.1, -0.05) is 78.0 Å². The first-order valence-corrected chi connectivity index (χ1v) is 18.3. The van der Waals surface area contributed by atoms with E-state index in [4.69, 9.17) is 5.26 Å². The first-order chi connectivity index (χ1) is 27.3. The van der Waals surface area contributed by atoms with Crippen LogP contribution in [0.5, 0.6) is 0 Å². The summed E-state index contributed by atoms with van der Waals surface area (Å²) in [6.45, 7) is 7.06. The number of alkyl halides is 2. The van der Waals surface area contributed by atoms with Gasteiger partial charge < -0.3 is 15.7 Å². The van der Waals surface area contributed by atoms with Crippen LogP contribution in [0, 0.1) is 11.3 Å². The lowest BCUT2D eigenvalue weighted by Crippen LogP contribution is -2.50. The quantitative estimate of drug-likeness (QED) is 0.115. The molecule has 0 aliphatic carbocycles. The summed E-state index contributed by atoms with van der Waals surface area (Å²) >= 11 is 0. The van der Waals surface area contributed by atoms with Crippen molar-refractivity contribution in [2.45, 2.75) is 65.0 Å². The molecule has 0 saturated heterocycles. The van der Waals surface area contributed by atoms with Crippen molar-refractivity contribution in [3.05, 3.63) is 138 Å². The molecule has 7 rings (SSSR count). The van der Waals surface area contributed by atoms with Crippen molar-refractivity contribution in [3.8, 4) is 11.9 Å². The van der Waals surface area contributed by atoms with Gasteiger partial charge in [-0.3, -0.25) is 9.69 Å². The fourth-order valence-electron chi connectivity index (χ4n) is 5.87. The van der Waals surface area contributed by atoms with Crippen LogP contribution in [0.15, 0.2) is 116 Å². The highest BCUT2D eigenvalue weighted by molar-refractivity contribution is 5.99. The summed E-state index contributed by atoms with van der Waals surface area (Å²) in [6, 6.07) is 34.3. The van der Waals surface area contributed by atoms with Gasteiger partial charge in [0.25, 0.3) is 11.8 Å². The topological polar surface area (TPSA) is 163 Å². The number of para-hydroxylation sites is 1. The number of benzene rings is 3. The number of hydrogen-bond donors (Lipinski definition) is 3. The fourth-order valence-corrected chi connectivity index (χ4v) is 5.87. The van der Waals surface area contributed by atoms with E-state index in [0.717, 1.165) is 38.0 Å². The Hall–Kier alpha value is -6.63. The first kappa shape index (κ1) is 40.0. The van der Waals surface area contributed by atoms with E-state index in [1.807, 2.05) is 42.8 Å². The van der Waals surface area contributed by atoms with E-state index < -0.39 is 24.0 Å². The molecule has 0 aliphatic rings. The van der Waals surface area contributed by atoms with Gasteiger partial charge in [-0.05, 0) is 57.0 Å². The third kappa shape index (κ3) is 9.98. The average molecular weight is 772 g/mol. The van der Waals surface area contributed by atoms with Crippen LogP contribution in [0.2, 0.25) is 0 Å². The minimum absolute atomic E-state index is 0.0604. The predicted octanol–water partition coefficient (Wildman–Crippen LogP) is 6.73. The summed E-state index contributed by atoms with van der Waals surface area (Å²) in [4.78, 5) is 23.5. The van der Waals surface area contributed by atoms with Gasteiger partial charge in [0.2, 0.25) is 0 Å². The maximum atomic E-state index is 14.0. The number of nitrogens with zero attached hydrogens (tertiary/aromatic N) is 9. The van der Waals surface area contributed by atoms with Gasteiger partial charge >= 0.3 is 0 Å². The minimum atomic E-state index is -3.52. The largest absolute Gasteiger partial charge is 0.384 e. The van der Waals surface area contributed by atoms with Gasteiger partial charge in [0.1, 0.15) is 17.2 Å². The fraction of sp³-hybridized carbons (Fsp3) is 0.262. The molecule has 0 bridgehead atoms. The second-order valence-electron chi connectivity index (χ2n) is 14.3. The molecular formula is C42H43F2N11O2. The standard InChI is InChI=1S/C21H23F2N7O2.C21H20N4/c1-12(2)29-16-6-17(30-18-14(9-28-30)5-13(7-24)8-26-18)25-10-15(16)19(31)27-11-21(22,23)20(3,4)32;1-3-9-18(10-4-1)15-24(16-19-11-5-2-6-12-19)17-25-21-14-8-7-13-20(21)22-23-25/h5-6,8-10,12,32H,11H2,1-4H3,(H,25,29)(H,27,31);1-14H,15-17H2. The van der Waals surface area contributed by atoms with Gasteiger partial charge in [0.15, 0.2) is 11.5 Å². The van der Waals surface area contributed by atoms with Crippen LogP contribution in [0.1, 0.15) is 54.7 Å². The molecule has 7 aromatic rings. The predicted molar refractivity (Wildman–Crippen MR) is 213 cm³/mol. The number of carbonyl (C=O) groups is 1. The zero-order valence-corrected chi connectivity index (χ0v) is 32.0. The molecule has 3 aromatic carbocycles. The molecule has 0 unspecified atom stereocenters. The zero-order chi connectivity index (χ0) is 40.6. The Morgan fingerprint density at radius 2 is 1.56 bits per heavy atom. The first-order valence-electron chi connectivity index (χ1n) is 18.3. The number of pyridine rings is 2. The lowest BCUT2D eigenvalue weighted by atomic mass is 10.0. The summed E-state index contributed by atoms with van der Waals surface area (Å²) < 4.78 is 31.5. The number of amides is 1. The Bertz CT molecular complexity index is 2430. The Labute approximate surface area is 328 Å². The lowest BCUT2D eigenvalue weighted by Gasteiger charge is -2.29. The van der Waals surface area contributed by atoms with Gasteiger partial charge in [0, 0.05) is 43.0 Å². The van der Waals surface area contributed by atoms with Gasteiger partial charge in [0.05, 0.1) is 41.7 Å². The van der Waals surface area contributed by atoms with Crippen molar-refractivity contribution < 1.29 is 18.7 Å². The van der Waals surface area contributed by atoms with Crippen LogP contribution in [0.3, 0.4) is 0 Å². The van der Waals surface area contributed by atoms with Crippen molar-refractivity contribution in [2.75, 3.05) is 11.9 Å². The van der Waals surface area contributed by atoms with Gasteiger partial charge in [-0.15, -0.1) is 5.10 Å². The second-order valence-corrected chi connectivity index (χ2v) is 14.3. The van der Waals surface area contributed by atoms with Crippen LogP contribution in [-0.2, 0) is 19.8 Å². The van der Waals surface area contributed by atoms with E-state index in [2.05, 4.69) is 108 Å². The lowest BCUT2D eigenvalue weighted by molar-refractivity contribution is -0.156.